The van der Waals surface area contributed by atoms with Crippen molar-refractivity contribution in [1.82, 2.24) is 0 Å². The molecule has 0 saturated heterocycles. The van der Waals surface area contributed by atoms with Crippen molar-refractivity contribution in [3.63, 3.8) is 0 Å². The largest absolute Gasteiger partial charge is 0.455 e. The van der Waals surface area contributed by atoms with Crippen LogP contribution >= 0.6 is 0 Å². The highest BCUT2D eigenvalue weighted by molar-refractivity contribution is 6.25. The number of para-hydroxylation sites is 1. The second kappa shape index (κ2) is 11.8. The number of rotatable bonds is 4. The van der Waals surface area contributed by atoms with E-state index in [1.807, 2.05) is 97.1 Å². The highest BCUT2D eigenvalue weighted by Gasteiger charge is 2.21. The third-order valence-electron chi connectivity index (χ3n) is 10.6. The molecule has 0 radical (unpaired) electrons. The molecule has 11 rings (SSSR count). The zero-order valence-corrected chi connectivity index (χ0v) is 28.4. The van der Waals surface area contributed by atoms with Crippen molar-refractivity contribution in [2.24, 2.45) is 0 Å². The van der Waals surface area contributed by atoms with Crippen LogP contribution in [0.5, 0.6) is 0 Å². The monoisotopic (exact) mass is 678 g/mol. The molecule has 53 heavy (non-hydrogen) atoms. The minimum Gasteiger partial charge on any atom is -0.455 e. The van der Waals surface area contributed by atoms with E-state index in [0.717, 1.165) is 65.3 Å². The van der Waals surface area contributed by atoms with Crippen LogP contribution in [0.4, 0.5) is 0 Å². The Hall–Kier alpha value is -6.96. The predicted octanol–water partition coefficient (Wildman–Crippen LogP) is 14.9. The van der Waals surface area contributed by atoms with Gasteiger partial charge in [0.1, 0.15) is 11.2 Å². The van der Waals surface area contributed by atoms with Crippen LogP contribution in [-0.4, -0.2) is 0 Å². The molecule has 0 saturated carbocycles. The van der Waals surface area contributed by atoms with Crippen LogP contribution in [0, 0.1) is 0 Å². The highest BCUT2D eigenvalue weighted by atomic mass is 16.3. The van der Waals surface area contributed by atoms with Gasteiger partial charge in [-0.05, 0) is 88.1 Å². The second-order valence-corrected chi connectivity index (χ2v) is 13.4. The van der Waals surface area contributed by atoms with Crippen LogP contribution in [-0.2, 0) is 0 Å². The van der Waals surface area contributed by atoms with E-state index in [4.69, 9.17) is 7.16 Å². The quantitative estimate of drug-likeness (QED) is 0.169. The molecule has 0 aliphatic heterocycles. The first kappa shape index (κ1) is 24.3. The average molecular weight is 679 g/mol. The zero-order chi connectivity index (χ0) is 40.1. The summed E-state index contributed by atoms with van der Waals surface area (Å²) in [5.41, 5.74) is 6.88. The number of hydrogen-bond donors (Lipinski definition) is 0. The maximum atomic E-state index is 9.93. The molecule has 0 aliphatic carbocycles. The van der Waals surface area contributed by atoms with E-state index >= 15 is 0 Å². The zero-order valence-electron chi connectivity index (χ0n) is 34.4. The molecule has 0 amide bonds. The lowest BCUT2D eigenvalue weighted by Crippen LogP contribution is -1.92. The predicted molar refractivity (Wildman–Crippen MR) is 225 cm³/mol. The maximum absolute atomic E-state index is 9.93. The summed E-state index contributed by atoms with van der Waals surface area (Å²) in [6.45, 7) is 0. The Morgan fingerprint density at radius 3 is 1.62 bits per heavy atom. The fraction of sp³-hybridized carbons (Fsp3) is 0. The van der Waals surface area contributed by atoms with E-state index in [-0.39, 0.29) is 40.5 Å². The first-order chi connectivity index (χ1) is 28.8. The minimum absolute atomic E-state index is 0.134. The van der Waals surface area contributed by atoms with Crippen molar-refractivity contribution < 1.29 is 12.6 Å². The van der Waals surface area contributed by atoms with E-state index in [1.165, 1.54) is 0 Å². The van der Waals surface area contributed by atoms with Gasteiger partial charge in [-0.1, -0.05) is 188 Å². The van der Waals surface area contributed by atoms with Crippen molar-refractivity contribution in [3.8, 4) is 44.5 Å². The standard InChI is InChI=1S/C52H32O/c1-2-16-34(17-3-1)49-41-22-8-10-24-43(41)50(44-25-11-9-23-42(44)49)45-32-31-39(37-20-6-7-21-38(37)45)46-28-13-29-47-51-40(27-14-30-48(51)53-52(46)47)36-26-12-18-33-15-4-5-19-35(33)36/h1-32H/i6D,7D,20D,21D,31D,32D. The SMILES string of the molecule is [2H]c1c([2H])c([2H])c2c(-c3cccc4c3oc3cccc(-c5cccc6ccccc56)c34)c([2H])c([2H])c(-c3c4ccccc4c(-c4ccccc4)c4ccccc34)c2c1[2H]. The molecule has 10 aromatic carbocycles. The summed E-state index contributed by atoms with van der Waals surface area (Å²) in [6.07, 6.45) is 0. The molecule has 1 aromatic heterocycles. The van der Waals surface area contributed by atoms with Crippen molar-refractivity contribution in [1.29, 1.82) is 0 Å². The normalized spacial score (nSPS) is 13.4. The van der Waals surface area contributed by atoms with Gasteiger partial charge in [-0.3, -0.25) is 0 Å². The average Bonchev–Trinajstić information content (AvgIpc) is 3.67. The van der Waals surface area contributed by atoms with Gasteiger partial charge in [-0.2, -0.15) is 0 Å². The molecule has 11 aromatic rings. The van der Waals surface area contributed by atoms with Crippen molar-refractivity contribution in [3.05, 3.63) is 194 Å². The second-order valence-electron chi connectivity index (χ2n) is 13.4. The van der Waals surface area contributed by atoms with Gasteiger partial charge in [0, 0.05) is 16.3 Å². The summed E-state index contributed by atoms with van der Waals surface area (Å²) >= 11 is 0. The lowest BCUT2D eigenvalue weighted by Gasteiger charge is -2.19. The van der Waals surface area contributed by atoms with Gasteiger partial charge < -0.3 is 4.42 Å². The summed E-state index contributed by atoms with van der Waals surface area (Å²) < 4.78 is 63.4. The highest BCUT2D eigenvalue weighted by Crippen LogP contribution is 2.48. The summed E-state index contributed by atoms with van der Waals surface area (Å²) in [7, 11) is 0. The van der Waals surface area contributed by atoms with Crippen LogP contribution in [0.3, 0.4) is 0 Å². The number of fused-ring (bicyclic) bond motifs is 7. The molecule has 0 aliphatic rings. The molecule has 1 heteroatoms. The number of benzene rings is 10. The summed E-state index contributed by atoms with van der Waals surface area (Å²) in [6, 6.07) is 50.7. The summed E-state index contributed by atoms with van der Waals surface area (Å²) in [4.78, 5) is 0. The molecule has 0 fully saturated rings. The molecular formula is C52H32O. The Kier molecular flexibility index (Phi) is 5.40. The Morgan fingerprint density at radius 2 is 0.868 bits per heavy atom. The lowest BCUT2D eigenvalue weighted by atomic mass is 9.83. The molecule has 246 valence electrons. The van der Waals surface area contributed by atoms with E-state index in [2.05, 4.69) is 60.7 Å². The van der Waals surface area contributed by atoms with Gasteiger partial charge in [0.2, 0.25) is 0 Å². The van der Waals surface area contributed by atoms with Gasteiger partial charge >= 0.3 is 0 Å². The van der Waals surface area contributed by atoms with E-state index in [1.54, 1.807) is 0 Å². The van der Waals surface area contributed by atoms with Crippen molar-refractivity contribution >= 4 is 65.0 Å². The van der Waals surface area contributed by atoms with Crippen LogP contribution in [0.15, 0.2) is 198 Å². The molecule has 0 atom stereocenters. The third kappa shape index (κ3) is 4.51. The number of hydrogen-bond acceptors (Lipinski definition) is 1. The smallest absolute Gasteiger partial charge is 0.143 e. The molecule has 0 unspecified atom stereocenters. The van der Waals surface area contributed by atoms with Gasteiger partial charge in [-0.15, -0.1) is 0 Å². The topological polar surface area (TPSA) is 13.1 Å². The van der Waals surface area contributed by atoms with E-state index in [9.17, 15) is 5.48 Å². The van der Waals surface area contributed by atoms with Crippen molar-refractivity contribution in [2.45, 2.75) is 0 Å². The van der Waals surface area contributed by atoms with Gasteiger partial charge in [0.05, 0.1) is 8.22 Å². The summed E-state index contributed by atoms with van der Waals surface area (Å²) in [5.74, 6) is 0. The van der Waals surface area contributed by atoms with Gasteiger partial charge in [0.15, 0.2) is 0 Å². The number of furan rings is 1. The fourth-order valence-corrected chi connectivity index (χ4v) is 8.37. The van der Waals surface area contributed by atoms with E-state index in [0.29, 0.717) is 27.9 Å². The molecule has 1 nitrogen and oxygen atoms in total. The van der Waals surface area contributed by atoms with E-state index < -0.39 is 12.1 Å². The molecule has 0 bridgehead atoms. The summed E-state index contributed by atoms with van der Waals surface area (Å²) in [5, 5.41) is 7.81. The van der Waals surface area contributed by atoms with Gasteiger partial charge in [0.25, 0.3) is 0 Å². The first-order valence-electron chi connectivity index (χ1n) is 20.8. The third-order valence-corrected chi connectivity index (χ3v) is 10.6. The first-order valence-corrected chi connectivity index (χ1v) is 17.8. The molecule has 0 spiro atoms. The Labute approximate surface area is 315 Å². The lowest BCUT2D eigenvalue weighted by molar-refractivity contribution is 0.670. The van der Waals surface area contributed by atoms with Crippen LogP contribution in [0.2, 0.25) is 0 Å². The maximum Gasteiger partial charge on any atom is 0.143 e. The van der Waals surface area contributed by atoms with Crippen LogP contribution < -0.4 is 0 Å². The Balaban J connectivity index is 1.27. The van der Waals surface area contributed by atoms with Crippen molar-refractivity contribution in [2.75, 3.05) is 0 Å². The minimum atomic E-state index is -0.406. The fourth-order valence-electron chi connectivity index (χ4n) is 8.37. The Morgan fingerprint density at radius 1 is 0.340 bits per heavy atom. The van der Waals surface area contributed by atoms with Gasteiger partial charge in [-0.25, -0.2) is 0 Å². The van der Waals surface area contributed by atoms with Crippen LogP contribution in [0.25, 0.3) is 110 Å². The Bertz CT molecular complexity index is 3510. The molecular weight excluding hydrogens is 641 g/mol. The molecule has 1 heterocycles. The van der Waals surface area contributed by atoms with Crippen LogP contribution in [0.1, 0.15) is 8.22 Å². The molecule has 0 N–H and O–H groups in total.